The third-order valence-corrected chi connectivity index (χ3v) is 2.77. The quantitative estimate of drug-likeness (QED) is 0.728. The summed E-state index contributed by atoms with van der Waals surface area (Å²) in [5, 5.41) is 3.36. The summed E-state index contributed by atoms with van der Waals surface area (Å²) in [6.07, 6.45) is 7.20. The number of nitrogens with one attached hydrogen (secondary N) is 2. The Bertz CT molecular complexity index is 231. The Morgan fingerprint density at radius 3 is 2.86 bits per heavy atom. The van der Waals surface area contributed by atoms with Gasteiger partial charge in [0.15, 0.2) is 0 Å². The Balaban J connectivity index is 2.46. The molecule has 0 saturated heterocycles. The van der Waals surface area contributed by atoms with Gasteiger partial charge in [-0.15, -0.1) is 0 Å². The molecule has 1 aromatic rings. The van der Waals surface area contributed by atoms with Crippen LogP contribution in [-0.4, -0.2) is 23.1 Å². The van der Waals surface area contributed by atoms with Gasteiger partial charge in [0.05, 0.1) is 0 Å². The van der Waals surface area contributed by atoms with Crippen LogP contribution in [0.1, 0.15) is 32.5 Å². The van der Waals surface area contributed by atoms with Gasteiger partial charge in [0, 0.05) is 24.9 Å². The molecule has 2 unspecified atom stereocenters. The highest BCUT2D eigenvalue weighted by Crippen LogP contribution is 2.13. The van der Waals surface area contributed by atoms with Crippen LogP contribution < -0.4 is 5.32 Å². The SMILES string of the molecule is CCCC(C)C(Cc1ncc[nH]1)NC. The van der Waals surface area contributed by atoms with Crippen molar-refractivity contribution < 1.29 is 0 Å². The van der Waals surface area contributed by atoms with Crippen molar-refractivity contribution in [2.75, 3.05) is 7.05 Å². The van der Waals surface area contributed by atoms with E-state index in [9.17, 15) is 0 Å². The topological polar surface area (TPSA) is 40.7 Å². The second kappa shape index (κ2) is 5.81. The predicted octanol–water partition coefficient (Wildman–Crippen LogP) is 1.98. The van der Waals surface area contributed by atoms with Gasteiger partial charge in [0.2, 0.25) is 0 Å². The van der Waals surface area contributed by atoms with Crippen LogP contribution in [0.15, 0.2) is 12.4 Å². The summed E-state index contributed by atoms with van der Waals surface area (Å²) in [6.45, 7) is 4.53. The molecule has 0 aromatic carbocycles. The number of likely N-dealkylation sites (N-methyl/N-ethyl adjacent to an activating group) is 1. The van der Waals surface area contributed by atoms with Gasteiger partial charge in [-0.05, 0) is 19.4 Å². The molecule has 0 bridgehead atoms. The van der Waals surface area contributed by atoms with Crippen molar-refractivity contribution >= 4 is 0 Å². The molecule has 0 fully saturated rings. The maximum Gasteiger partial charge on any atom is 0.107 e. The van der Waals surface area contributed by atoms with E-state index in [4.69, 9.17) is 0 Å². The van der Waals surface area contributed by atoms with Gasteiger partial charge < -0.3 is 10.3 Å². The average molecular weight is 195 g/mol. The summed E-state index contributed by atoms with van der Waals surface area (Å²) in [7, 11) is 2.03. The normalized spacial score (nSPS) is 15.4. The zero-order valence-corrected chi connectivity index (χ0v) is 9.38. The lowest BCUT2D eigenvalue weighted by Gasteiger charge is -2.22. The van der Waals surface area contributed by atoms with Crippen molar-refractivity contribution in [3.8, 4) is 0 Å². The van der Waals surface area contributed by atoms with Crippen molar-refractivity contribution in [3.05, 3.63) is 18.2 Å². The molecule has 0 saturated carbocycles. The smallest absolute Gasteiger partial charge is 0.107 e. The summed E-state index contributed by atoms with van der Waals surface area (Å²) >= 11 is 0. The highest BCUT2D eigenvalue weighted by atomic mass is 14.9. The van der Waals surface area contributed by atoms with E-state index in [-0.39, 0.29) is 0 Å². The Labute approximate surface area is 86.3 Å². The standard InChI is InChI=1S/C11H21N3/c1-4-5-9(2)10(12-3)8-11-13-6-7-14-11/h6-7,9-10,12H,4-5,8H2,1-3H3,(H,13,14). The van der Waals surface area contributed by atoms with Crippen molar-refractivity contribution in [2.24, 2.45) is 5.92 Å². The molecule has 0 aliphatic carbocycles. The number of nitrogens with zero attached hydrogens (tertiary/aromatic N) is 1. The minimum absolute atomic E-state index is 0.529. The summed E-state index contributed by atoms with van der Waals surface area (Å²) < 4.78 is 0. The summed E-state index contributed by atoms with van der Waals surface area (Å²) in [4.78, 5) is 7.40. The molecule has 3 heteroatoms. The Morgan fingerprint density at radius 1 is 1.57 bits per heavy atom. The van der Waals surface area contributed by atoms with Crippen molar-refractivity contribution in [1.82, 2.24) is 15.3 Å². The molecule has 0 aliphatic rings. The first-order chi connectivity index (χ1) is 6.77. The largest absolute Gasteiger partial charge is 0.349 e. The molecule has 14 heavy (non-hydrogen) atoms. The van der Waals surface area contributed by atoms with Gasteiger partial charge >= 0.3 is 0 Å². The fourth-order valence-corrected chi connectivity index (χ4v) is 1.86. The first-order valence-corrected chi connectivity index (χ1v) is 5.43. The van der Waals surface area contributed by atoms with E-state index in [0.717, 1.165) is 12.2 Å². The number of rotatable bonds is 6. The first-order valence-electron chi connectivity index (χ1n) is 5.43. The van der Waals surface area contributed by atoms with Crippen LogP contribution in [-0.2, 0) is 6.42 Å². The molecular weight excluding hydrogens is 174 g/mol. The van der Waals surface area contributed by atoms with Crippen LogP contribution in [0.4, 0.5) is 0 Å². The van der Waals surface area contributed by atoms with E-state index >= 15 is 0 Å². The zero-order chi connectivity index (χ0) is 10.4. The molecule has 2 N–H and O–H groups in total. The maximum atomic E-state index is 4.25. The third kappa shape index (κ3) is 3.14. The van der Waals surface area contributed by atoms with E-state index in [1.807, 2.05) is 19.4 Å². The van der Waals surface area contributed by atoms with Gasteiger partial charge in [-0.3, -0.25) is 0 Å². The van der Waals surface area contributed by atoms with E-state index in [2.05, 4.69) is 29.1 Å². The van der Waals surface area contributed by atoms with Crippen LogP contribution in [0, 0.1) is 5.92 Å². The number of imidazole rings is 1. The summed E-state index contributed by atoms with van der Waals surface area (Å²) in [5.74, 6) is 1.78. The molecular formula is C11H21N3. The minimum atomic E-state index is 0.529. The molecule has 1 rings (SSSR count). The van der Waals surface area contributed by atoms with Crippen molar-refractivity contribution in [2.45, 2.75) is 39.2 Å². The van der Waals surface area contributed by atoms with E-state index in [1.54, 1.807) is 0 Å². The van der Waals surface area contributed by atoms with Crippen LogP contribution in [0.2, 0.25) is 0 Å². The molecule has 0 amide bonds. The van der Waals surface area contributed by atoms with Gasteiger partial charge in [-0.25, -0.2) is 4.98 Å². The van der Waals surface area contributed by atoms with Gasteiger partial charge in [-0.1, -0.05) is 20.3 Å². The number of hydrogen-bond donors (Lipinski definition) is 2. The number of hydrogen-bond acceptors (Lipinski definition) is 2. The molecule has 2 atom stereocenters. The summed E-state index contributed by atoms with van der Waals surface area (Å²) in [5.41, 5.74) is 0. The average Bonchev–Trinajstić information content (AvgIpc) is 2.66. The van der Waals surface area contributed by atoms with Crippen LogP contribution in [0.5, 0.6) is 0 Å². The lowest BCUT2D eigenvalue weighted by molar-refractivity contribution is 0.367. The van der Waals surface area contributed by atoms with Crippen LogP contribution in [0.3, 0.4) is 0 Å². The number of aromatic nitrogens is 2. The van der Waals surface area contributed by atoms with Crippen LogP contribution in [0.25, 0.3) is 0 Å². The Kier molecular flexibility index (Phi) is 4.66. The maximum absolute atomic E-state index is 4.25. The predicted molar refractivity (Wildman–Crippen MR) is 59.2 cm³/mol. The second-order valence-electron chi connectivity index (χ2n) is 3.90. The number of aromatic amines is 1. The van der Waals surface area contributed by atoms with Gasteiger partial charge in [0.25, 0.3) is 0 Å². The Morgan fingerprint density at radius 2 is 2.36 bits per heavy atom. The van der Waals surface area contributed by atoms with E-state index in [0.29, 0.717) is 12.0 Å². The Hall–Kier alpha value is -0.830. The highest BCUT2D eigenvalue weighted by Gasteiger charge is 2.15. The molecule has 1 heterocycles. The summed E-state index contributed by atoms with van der Waals surface area (Å²) in [6, 6.07) is 0.529. The highest BCUT2D eigenvalue weighted by molar-refractivity contribution is 4.92. The second-order valence-corrected chi connectivity index (χ2v) is 3.90. The monoisotopic (exact) mass is 195 g/mol. The zero-order valence-electron chi connectivity index (χ0n) is 9.38. The fraction of sp³-hybridized carbons (Fsp3) is 0.727. The van der Waals surface area contributed by atoms with Crippen molar-refractivity contribution in [1.29, 1.82) is 0 Å². The molecule has 3 nitrogen and oxygen atoms in total. The molecule has 0 spiro atoms. The molecule has 0 radical (unpaired) electrons. The molecule has 0 aliphatic heterocycles. The third-order valence-electron chi connectivity index (χ3n) is 2.77. The van der Waals surface area contributed by atoms with Gasteiger partial charge in [0.1, 0.15) is 5.82 Å². The lowest BCUT2D eigenvalue weighted by atomic mass is 9.94. The van der Waals surface area contributed by atoms with E-state index < -0.39 is 0 Å². The van der Waals surface area contributed by atoms with Gasteiger partial charge in [-0.2, -0.15) is 0 Å². The molecule has 80 valence electrons. The van der Waals surface area contributed by atoms with E-state index in [1.165, 1.54) is 12.8 Å². The molecule has 1 aromatic heterocycles. The van der Waals surface area contributed by atoms with Crippen LogP contribution >= 0.6 is 0 Å². The minimum Gasteiger partial charge on any atom is -0.349 e. The first kappa shape index (κ1) is 11.2. The van der Waals surface area contributed by atoms with Crippen molar-refractivity contribution in [3.63, 3.8) is 0 Å². The number of H-pyrrole nitrogens is 1. The fourth-order valence-electron chi connectivity index (χ4n) is 1.86. The lowest BCUT2D eigenvalue weighted by Crippen LogP contribution is -2.34.